The molecular formula is C20H32N2O. The Kier molecular flexibility index (Phi) is 8.16. The standard InChI is InChI=1S/C20H32N2O/c1-17(19-12-8-13-21-16-19)15-20(23)22-14-7-3-6-11-18-9-4-2-5-10-18/h2,4-5,9-10,17,19,21H,3,6-8,11-16H2,1H3,(H,22,23). The summed E-state index contributed by atoms with van der Waals surface area (Å²) in [4.78, 5) is 12.0. The van der Waals surface area contributed by atoms with Crippen LogP contribution in [0.15, 0.2) is 30.3 Å². The minimum Gasteiger partial charge on any atom is -0.356 e. The maximum atomic E-state index is 12.0. The predicted octanol–water partition coefficient (Wildman–Crippen LogP) is 3.54. The van der Waals surface area contributed by atoms with E-state index < -0.39 is 0 Å². The van der Waals surface area contributed by atoms with Crippen LogP contribution in [0.25, 0.3) is 0 Å². The van der Waals surface area contributed by atoms with Crippen molar-refractivity contribution in [2.45, 2.75) is 51.9 Å². The average molecular weight is 316 g/mol. The molecule has 128 valence electrons. The first-order valence-electron chi connectivity index (χ1n) is 9.27. The van der Waals surface area contributed by atoms with Crippen molar-refractivity contribution in [3.63, 3.8) is 0 Å². The van der Waals surface area contributed by atoms with E-state index in [9.17, 15) is 4.79 Å². The van der Waals surface area contributed by atoms with Gasteiger partial charge in [0.15, 0.2) is 0 Å². The van der Waals surface area contributed by atoms with Crippen LogP contribution >= 0.6 is 0 Å². The molecule has 1 heterocycles. The van der Waals surface area contributed by atoms with Gasteiger partial charge in [0.25, 0.3) is 0 Å². The Morgan fingerprint density at radius 2 is 2.09 bits per heavy atom. The Morgan fingerprint density at radius 1 is 1.26 bits per heavy atom. The molecule has 2 rings (SSSR count). The lowest BCUT2D eigenvalue weighted by Gasteiger charge is -2.28. The molecule has 2 atom stereocenters. The highest BCUT2D eigenvalue weighted by Gasteiger charge is 2.21. The summed E-state index contributed by atoms with van der Waals surface area (Å²) < 4.78 is 0. The number of hydrogen-bond donors (Lipinski definition) is 2. The van der Waals surface area contributed by atoms with Crippen molar-refractivity contribution in [3.05, 3.63) is 35.9 Å². The number of aryl methyl sites for hydroxylation is 1. The maximum absolute atomic E-state index is 12.0. The molecule has 1 aliphatic rings. The summed E-state index contributed by atoms with van der Waals surface area (Å²) >= 11 is 0. The van der Waals surface area contributed by atoms with Crippen LogP contribution in [-0.4, -0.2) is 25.5 Å². The molecule has 0 saturated carbocycles. The zero-order valence-electron chi connectivity index (χ0n) is 14.5. The van der Waals surface area contributed by atoms with Crippen molar-refractivity contribution in [2.75, 3.05) is 19.6 Å². The molecule has 1 aromatic carbocycles. The van der Waals surface area contributed by atoms with Crippen LogP contribution in [0.1, 0.15) is 51.0 Å². The second kappa shape index (κ2) is 10.4. The normalized spacial score (nSPS) is 19.3. The Hall–Kier alpha value is -1.35. The highest BCUT2D eigenvalue weighted by Crippen LogP contribution is 2.22. The van der Waals surface area contributed by atoms with Crippen LogP contribution in [0.4, 0.5) is 0 Å². The van der Waals surface area contributed by atoms with E-state index in [2.05, 4.69) is 47.9 Å². The summed E-state index contributed by atoms with van der Waals surface area (Å²) in [7, 11) is 0. The van der Waals surface area contributed by atoms with E-state index in [1.165, 1.54) is 31.2 Å². The molecule has 2 unspecified atom stereocenters. The van der Waals surface area contributed by atoms with Crippen LogP contribution in [0.5, 0.6) is 0 Å². The number of hydrogen-bond acceptors (Lipinski definition) is 2. The first kappa shape index (κ1) is 18.0. The smallest absolute Gasteiger partial charge is 0.220 e. The highest BCUT2D eigenvalue weighted by molar-refractivity contribution is 5.76. The first-order chi connectivity index (χ1) is 11.3. The van der Waals surface area contributed by atoms with Gasteiger partial charge in [-0.2, -0.15) is 0 Å². The van der Waals surface area contributed by atoms with Gasteiger partial charge in [0.1, 0.15) is 0 Å². The predicted molar refractivity (Wildman–Crippen MR) is 96.4 cm³/mol. The Morgan fingerprint density at radius 3 is 2.83 bits per heavy atom. The van der Waals surface area contributed by atoms with E-state index in [-0.39, 0.29) is 5.91 Å². The molecule has 2 N–H and O–H groups in total. The molecule has 0 aromatic heterocycles. The quantitative estimate of drug-likeness (QED) is 0.684. The summed E-state index contributed by atoms with van der Waals surface area (Å²) in [5.74, 6) is 1.38. The number of piperidine rings is 1. The van der Waals surface area contributed by atoms with Gasteiger partial charge < -0.3 is 10.6 Å². The fourth-order valence-electron chi connectivity index (χ4n) is 3.40. The summed E-state index contributed by atoms with van der Waals surface area (Å²) in [5, 5.41) is 6.53. The molecule has 0 aliphatic carbocycles. The van der Waals surface area contributed by atoms with Gasteiger partial charge >= 0.3 is 0 Å². The van der Waals surface area contributed by atoms with Crippen molar-refractivity contribution < 1.29 is 4.79 Å². The van der Waals surface area contributed by atoms with Crippen LogP contribution in [0, 0.1) is 11.8 Å². The molecule has 1 aliphatic heterocycles. The van der Waals surface area contributed by atoms with Gasteiger partial charge in [-0.1, -0.05) is 43.7 Å². The van der Waals surface area contributed by atoms with E-state index >= 15 is 0 Å². The van der Waals surface area contributed by atoms with Crippen molar-refractivity contribution >= 4 is 5.91 Å². The molecule has 3 heteroatoms. The molecular weight excluding hydrogens is 284 g/mol. The number of carbonyl (C=O) groups excluding carboxylic acids is 1. The van der Waals surface area contributed by atoms with E-state index in [4.69, 9.17) is 0 Å². The van der Waals surface area contributed by atoms with Gasteiger partial charge in [0.05, 0.1) is 0 Å². The third kappa shape index (κ3) is 7.17. The van der Waals surface area contributed by atoms with Crippen molar-refractivity contribution in [2.24, 2.45) is 11.8 Å². The molecule has 3 nitrogen and oxygen atoms in total. The van der Waals surface area contributed by atoms with Gasteiger partial charge in [-0.3, -0.25) is 4.79 Å². The largest absolute Gasteiger partial charge is 0.356 e. The summed E-state index contributed by atoms with van der Waals surface area (Å²) in [6, 6.07) is 10.6. The third-order valence-electron chi connectivity index (χ3n) is 4.95. The minimum atomic E-state index is 0.228. The van der Waals surface area contributed by atoms with E-state index in [0.29, 0.717) is 18.3 Å². The topological polar surface area (TPSA) is 41.1 Å². The molecule has 23 heavy (non-hydrogen) atoms. The zero-order valence-corrected chi connectivity index (χ0v) is 14.5. The lowest BCUT2D eigenvalue weighted by atomic mass is 9.85. The fourth-order valence-corrected chi connectivity index (χ4v) is 3.40. The number of benzene rings is 1. The molecule has 1 fully saturated rings. The molecule has 0 radical (unpaired) electrons. The Bertz CT molecular complexity index is 440. The lowest BCUT2D eigenvalue weighted by molar-refractivity contribution is -0.122. The number of carbonyl (C=O) groups is 1. The van der Waals surface area contributed by atoms with E-state index in [1.807, 2.05) is 0 Å². The van der Waals surface area contributed by atoms with Gasteiger partial charge in [0, 0.05) is 13.0 Å². The number of unbranched alkanes of at least 4 members (excludes halogenated alkanes) is 2. The summed E-state index contributed by atoms with van der Waals surface area (Å²) in [5.41, 5.74) is 1.41. The fraction of sp³-hybridized carbons (Fsp3) is 0.650. The minimum absolute atomic E-state index is 0.228. The van der Waals surface area contributed by atoms with Crippen molar-refractivity contribution in [1.82, 2.24) is 10.6 Å². The van der Waals surface area contributed by atoms with Crippen LogP contribution in [-0.2, 0) is 11.2 Å². The summed E-state index contributed by atoms with van der Waals surface area (Å²) in [6.45, 7) is 5.26. The van der Waals surface area contributed by atoms with Crippen molar-refractivity contribution in [1.29, 1.82) is 0 Å². The number of amides is 1. The Labute approximate surface area is 141 Å². The molecule has 1 amide bonds. The van der Waals surface area contributed by atoms with Gasteiger partial charge in [-0.15, -0.1) is 0 Å². The molecule has 0 spiro atoms. The van der Waals surface area contributed by atoms with Crippen molar-refractivity contribution in [3.8, 4) is 0 Å². The van der Waals surface area contributed by atoms with E-state index in [0.717, 1.165) is 32.5 Å². The van der Waals surface area contributed by atoms with Gasteiger partial charge in [-0.05, 0) is 62.6 Å². The Balaban J connectivity index is 1.49. The second-order valence-corrected chi connectivity index (χ2v) is 6.93. The zero-order chi connectivity index (χ0) is 16.3. The maximum Gasteiger partial charge on any atom is 0.220 e. The average Bonchev–Trinajstić information content (AvgIpc) is 2.59. The number of rotatable bonds is 9. The van der Waals surface area contributed by atoms with E-state index in [1.54, 1.807) is 0 Å². The second-order valence-electron chi connectivity index (χ2n) is 6.93. The SMILES string of the molecule is CC(CC(=O)NCCCCCc1ccccc1)C1CCCNC1. The summed E-state index contributed by atoms with van der Waals surface area (Å²) in [6.07, 6.45) is 7.79. The molecule has 0 bridgehead atoms. The monoisotopic (exact) mass is 316 g/mol. The lowest BCUT2D eigenvalue weighted by Crippen LogP contribution is -2.35. The first-order valence-corrected chi connectivity index (χ1v) is 9.27. The molecule has 1 saturated heterocycles. The highest BCUT2D eigenvalue weighted by atomic mass is 16.1. The van der Waals surface area contributed by atoms with Crippen LogP contribution in [0.3, 0.4) is 0 Å². The van der Waals surface area contributed by atoms with Crippen LogP contribution < -0.4 is 10.6 Å². The van der Waals surface area contributed by atoms with Gasteiger partial charge in [-0.25, -0.2) is 0 Å². The van der Waals surface area contributed by atoms with Gasteiger partial charge in [0.2, 0.25) is 5.91 Å². The van der Waals surface area contributed by atoms with Crippen LogP contribution in [0.2, 0.25) is 0 Å². The number of nitrogens with one attached hydrogen (secondary N) is 2. The third-order valence-corrected chi connectivity index (χ3v) is 4.95. The molecule has 1 aromatic rings.